The Labute approximate surface area is 169 Å². The Morgan fingerprint density at radius 3 is 2.14 bits per heavy atom. The van der Waals surface area contributed by atoms with Gasteiger partial charge in [-0.3, -0.25) is 4.79 Å². The van der Waals surface area contributed by atoms with Gasteiger partial charge in [0.05, 0.1) is 0 Å². The standard InChI is InChI=1S/C24H34N2O2/c1-4-5-6-7-8-9-10-11-22-17-25-24(26-18-22)23-14-12-21(13-15-23)16-19(2)28-20(3)27/h12-15,17-19H,4-11,16H2,1-3H3. The summed E-state index contributed by atoms with van der Waals surface area (Å²) in [5.41, 5.74) is 3.35. The van der Waals surface area contributed by atoms with Crippen molar-refractivity contribution in [2.45, 2.75) is 84.7 Å². The summed E-state index contributed by atoms with van der Waals surface area (Å²) in [6.45, 7) is 5.60. The van der Waals surface area contributed by atoms with Crippen molar-refractivity contribution < 1.29 is 9.53 Å². The van der Waals surface area contributed by atoms with E-state index in [1.54, 1.807) is 0 Å². The smallest absolute Gasteiger partial charge is 0.302 e. The van der Waals surface area contributed by atoms with E-state index in [9.17, 15) is 4.79 Å². The van der Waals surface area contributed by atoms with E-state index < -0.39 is 0 Å². The Hall–Kier alpha value is -2.23. The first-order valence-corrected chi connectivity index (χ1v) is 10.7. The number of unbranched alkanes of at least 4 members (excludes halogenated alkanes) is 6. The second-order valence-electron chi connectivity index (χ2n) is 7.61. The lowest BCUT2D eigenvalue weighted by atomic mass is 10.1. The van der Waals surface area contributed by atoms with E-state index in [1.807, 2.05) is 43.6 Å². The molecule has 0 aliphatic rings. The number of aromatic nitrogens is 2. The van der Waals surface area contributed by atoms with Gasteiger partial charge in [0.15, 0.2) is 5.82 Å². The molecule has 1 atom stereocenters. The van der Waals surface area contributed by atoms with Crippen molar-refractivity contribution in [3.05, 3.63) is 47.8 Å². The van der Waals surface area contributed by atoms with Crippen molar-refractivity contribution in [2.24, 2.45) is 0 Å². The molecule has 0 N–H and O–H groups in total. The highest BCUT2D eigenvalue weighted by Gasteiger charge is 2.08. The minimum absolute atomic E-state index is 0.120. The van der Waals surface area contributed by atoms with Crippen molar-refractivity contribution in [1.29, 1.82) is 0 Å². The van der Waals surface area contributed by atoms with E-state index in [4.69, 9.17) is 4.74 Å². The summed E-state index contributed by atoms with van der Waals surface area (Å²) in [7, 11) is 0. The van der Waals surface area contributed by atoms with Crippen LogP contribution in [0.4, 0.5) is 0 Å². The lowest BCUT2D eigenvalue weighted by Crippen LogP contribution is -2.14. The fraction of sp³-hybridized carbons (Fsp3) is 0.542. The molecule has 4 nitrogen and oxygen atoms in total. The maximum absolute atomic E-state index is 11.0. The van der Waals surface area contributed by atoms with Gasteiger partial charge in [0.1, 0.15) is 6.10 Å². The maximum Gasteiger partial charge on any atom is 0.302 e. The maximum atomic E-state index is 11.0. The van der Waals surface area contributed by atoms with Gasteiger partial charge in [0, 0.05) is 31.3 Å². The molecule has 0 amide bonds. The van der Waals surface area contributed by atoms with Crippen molar-refractivity contribution >= 4 is 5.97 Å². The molecule has 0 bridgehead atoms. The number of aryl methyl sites for hydroxylation is 1. The van der Waals surface area contributed by atoms with Crippen LogP contribution in [0.15, 0.2) is 36.7 Å². The normalized spacial score (nSPS) is 12.0. The SMILES string of the molecule is CCCCCCCCCc1cnc(-c2ccc(CC(C)OC(C)=O)cc2)nc1. The van der Waals surface area contributed by atoms with Crippen molar-refractivity contribution in [1.82, 2.24) is 9.97 Å². The largest absolute Gasteiger partial charge is 0.463 e. The Kier molecular flexibility index (Phi) is 9.67. The lowest BCUT2D eigenvalue weighted by molar-refractivity contribution is -0.145. The predicted molar refractivity (Wildman–Crippen MR) is 114 cm³/mol. The Balaban J connectivity index is 1.78. The molecule has 0 saturated heterocycles. The highest BCUT2D eigenvalue weighted by molar-refractivity contribution is 5.66. The van der Waals surface area contributed by atoms with Crippen molar-refractivity contribution in [3.63, 3.8) is 0 Å². The third kappa shape index (κ3) is 8.20. The minimum atomic E-state index is -0.242. The zero-order valence-corrected chi connectivity index (χ0v) is 17.6. The summed E-state index contributed by atoms with van der Waals surface area (Å²) in [6, 6.07) is 8.15. The number of carbonyl (C=O) groups excluding carboxylic acids is 1. The van der Waals surface area contributed by atoms with E-state index >= 15 is 0 Å². The lowest BCUT2D eigenvalue weighted by Gasteiger charge is -2.12. The Bertz CT molecular complexity index is 696. The van der Waals surface area contributed by atoms with Crippen LogP contribution in [0.5, 0.6) is 0 Å². The molecule has 0 fully saturated rings. The van der Waals surface area contributed by atoms with Crippen LogP contribution in [0.1, 0.15) is 76.8 Å². The number of carbonyl (C=O) groups is 1. The topological polar surface area (TPSA) is 52.1 Å². The summed E-state index contributed by atoms with van der Waals surface area (Å²) < 4.78 is 5.18. The number of esters is 1. The summed E-state index contributed by atoms with van der Waals surface area (Å²) in [5, 5.41) is 0. The molecule has 0 radical (unpaired) electrons. The van der Waals surface area contributed by atoms with Crippen LogP contribution in [-0.4, -0.2) is 22.0 Å². The first-order chi connectivity index (χ1) is 13.6. The molecular weight excluding hydrogens is 348 g/mol. The average molecular weight is 383 g/mol. The highest BCUT2D eigenvalue weighted by Crippen LogP contribution is 2.17. The van der Waals surface area contributed by atoms with Gasteiger partial charge in [0.2, 0.25) is 0 Å². The van der Waals surface area contributed by atoms with Crippen LogP contribution < -0.4 is 0 Å². The molecule has 0 aliphatic heterocycles. The van der Waals surface area contributed by atoms with Crippen LogP contribution in [0.2, 0.25) is 0 Å². The van der Waals surface area contributed by atoms with Gasteiger partial charge in [0.25, 0.3) is 0 Å². The molecule has 2 aromatic rings. The third-order valence-electron chi connectivity index (χ3n) is 4.88. The number of rotatable bonds is 12. The molecule has 1 aromatic carbocycles. The van der Waals surface area contributed by atoms with Crippen LogP contribution in [0, 0.1) is 0 Å². The molecule has 28 heavy (non-hydrogen) atoms. The highest BCUT2D eigenvalue weighted by atomic mass is 16.5. The summed E-state index contributed by atoms with van der Waals surface area (Å²) in [4.78, 5) is 20.1. The summed E-state index contributed by atoms with van der Waals surface area (Å²) in [6.07, 6.45) is 14.8. The van der Waals surface area contributed by atoms with Gasteiger partial charge < -0.3 is 4.74 Å². The van der Waals surface area contributed by atoms with Crippen molar-refractivity contribution in [2.75, 3.05) is 0 Å². The zero-order chi connectivity index (χ0) is 20.2. The van der Waals surface area contributed by atoms with Gasteiger partial charge in [-0.05, 0) is 30.9 Å². The van der Waals surface area contributed by atoms with Gasteiger partial charge in [-0.25, -0.2) is 9.97 Å². The van der Waals surface area contributed by atoms with Gasteiger partial charge in [-0.15, -0.1) is 0 Å². The minimum Gasteiger partial charge on any atom is -0.463 e. The molecule has 152 valence electrons. The average Bonchev–Trinajstić information content (AvgIpc) is 2.68. The number of hydrogen-bond acceptors (Lipinski definition) is 4. The monoisotopic (exact) mass is 382 g/mol. The Morgan fingerprint density at radius 1 is 0.929 bits per heavy atom. The van der Waals surface area contributed by atoms with Crippen LogP contribution in [-0.2, 0) is 22.4 Å². The van der Waals surface area contributed by atoms with Gasteiger partial charge in [-0.2, -0.15) is 0 Å². The molecule has 0 saturated carbocycles. The zero-order valence-electron chi connectivity index (χ0n) is 17.6. The first kappa shape index (κ1) is 22.1. The quantitative estimate of drug-likeness (QED) is 0.337. The summed E-state index contributed by atoms with van der Waals surface area (Å²) in [5.74, 6) is 0.511. The molecule has 0 aliphatic carbocycles. The number of ether oxygens (including phenoxy) is 1. The molecule has 0 spiro atoms. The fourth-order valence-electron chi connectivity index (χ4n) is 3.37. The van der Waals surface area contributed by atoms with Gasteiger partial charge >= 0.3 is 5.97 Å². The fourth-order valence-corrected chi connectivity index (χ4v) is 3.37. The predicted octanol–water partition coefficient (Wildman–Crippen LogP) is 5.93. The van der Waals surface area contributed by atoms with Gasteiger partial charge in [-0.1, -0.05) is 69.7 Å². The second-order valence-corrected chi connectivity index (χ2v) is 7.61. The van der Waals surface area contributed by atoms with E-state index in [2.05, 4.69) is 16.9 Å². The van der Waals surface area contributed by atoms with E-state index in [0.29, 0.717) is 6.42 Å². The van der Waals surface area contributed by atoms with E-state index in [0.717, 1.165) is 23.4 Å². The Morgan fingerprint density at radius 2 is 1.54 bits per heavy atom. The third-order valence-corrected chi connectivity index (χ3v) is 4.88. The second kappa shape index (κ2) is 12.3. The number of nitrogens with zero attached hydrogens (tertiary/aromatic N) is 2. The molecule has 1 unspecified atom stereocenters. The van der Waals surface area contributed by atoms with E-state index in [1.165, 1.54) is 57.4 Å². The molecule has 2 rings (SSSR count). The summed E-state index contributed by atoms with van der Waals surface area (Å²) >= 11 is 0. The number of benzene rings is 1. The molecule has 1 heterocycles. The molecular formula is C24H34N2O2. The van der Waals surface area contributed by atoms with Crippen molar-refractivity contribution in [3.8, 4) is 11.4 Å². The van der Waals surface area contributed by atoms with Crippen LogP contribution in [0.25, 0.3) is 11.4 Å². The molecule has 4 heteroatoms. The number of hydrogen-bond donors (Lipinski definition) is 0. The first-order valence-electron chi connectivity index (χ1n) is 10.7. The van der Waals surface area contributed by atoms with Crippen LogP contribution >= 0.6 is 0 Å². The van der Waals surface area contributed by atoms with Crippen LogP contribution in [0.3, 0.4) is 0 Å². The van der Waals surface area contributed by atoms with E-state index in [-0.39, 0.29) is 12.1 Å². The molecule has 1 aromatic heterocycles.